The number of likely N-dealkylation sites (tertiary alicyclic amines) is 3. The van der Waals surface area contributed by atoms with Gasteiger partial charge in [-0.25, -0.2) is 14.4 Å². The van der Waals surface area contributed by atoms with E-state index in [9.17, 15) is 81.0 Å². The van der Waals surface area contributed by atoms with Gasteiger partial charge in [0.05, 0.1) is 73.9 Å². The third-order valence-corrected chi connectivity index (χ3v) is 22.1. The third-order valence-electron chi connectivity index (χ3n) is 22.1. The van der Waals surface area contributed by atoms with Crippen LogP contribution in [-0.4, -0.2) is 199 Å². The number of ether oxygens (including phenoxy) is 5. The lowest BCUT2D eigenvalue weighted by Crippen LogP contribution is -2.36. The Morgan fingerprint density at radius 1 is 0.366 bits per heavy atom. The van der Waals surface area contributed by atoms with Crippen molar-refractivity contribution >= 4 is 83.3 Å². The molecule has 34 heteroatoms. The van der Waals surface area contributed by atoms with E-state index in [-0.39, 0.29) is 107 Å². The highest BCUT2D eigenvalue weighted by molar-refractivity contribution is 6.03. The van der Waals surface area contributed by atoms with Crippen molar-refractivity contribution in [3.05, 3.63) is 250 Å². The van der Waals surface area contributed by atoms with Gasteiger partial charge in [0, 0.05) is 87.7 Å². The normalized spacial score (nSPS) is 16.3. The number of hydrogen-bond acceptors (Lipinski definition) is 21. The number of hydrogen-bond donors (Lipinski definition) is 4. The van der Waals surface area contributed by atoms with E-state index in [0.717, 1.165) is 69.6 Å². The maximum atomic E-state index is 15.8. The molecule has 4 heterocycles. The minimum absolute atomic E-state index is 0.000447. The Morgan fingerprint density at radius 2 is 0.664 bits per heavy atom. The third kappa shape index (κ3) is 35.4. The molecule has 4 aliphatic rings. The van der Waals surface area contributed by atoms with Crippen molar-refractivity contribution in [2.75, 3.05) is 39.5 Å². The summed E-state index contributed by atoms with van der Waals surface area (Å²) < 4.78 is 117. The van der Waals surface area contributed by atoms with E-state index in [4.69, 9.17) is 43.8 Å². The predicted molar refractivity (Wildman–Crippen MR) is 476 cm³/mol. The van der Waals surface area contributed by atoms with Crippen LogP contribution in [-0.2, 0) is 118 Å². The summed E-state index contributed by atoms with van der Waals surface area (Å²) in [5, 5.41) is 36.5. The molecule has 0 saturated carbocycles. The summed E-state index contributed by atoms with van der Waals surface area (Å²) in [5.74, 6) is -18.5. The Morgan fingerprint density at radius 3 is 0.978 bits per heavy atom. The number of esters is 5. The summed E-state index contributed by atoms with van der Waals surface area (Å²) in [6, 6.07) is 36.9. The first-order chi connectivity index (χ1) is 64.0. The van der Waals surface area contributed by atoms with Gasteiger partial charge in [-0.1, -0.05) is 190 Å². The Balaban J connectivity index is 0.000000262. The second-order valence-electron chi connectivity index (χ2n) is 32.0. The Labute approximate surface area is 773 Å². The first-order valence-electron chi connectivity index (χ1n) is 44.9. The minimum Gasteiger partial charge on any atom is -0.481 e. The van der Waals surface area contributed by atoms with Crippen molar-refractivity contribution in [3.8, 4) is 0 Å². The van der Waals surface area contributed by atoms with Gasteiger partial charge in [-0.2, -0.15) is 26.3 Å². The molecule has 5 amide bonds. The van der Waals surface area contributed by atoms with E-state index in [1.807, 2.05) is 0 Å². The fourth-order valence-electron chi connectivity index (χ4n) is 14.9. The topological polar surface area (TPSA) is 388 Å². The van der Waals surface area contributed by atoms with Crippen molar-refractivity contribution in [2.45, 2.75) is 242 Å². The summed E-state index contributed by atoms with van der Waals surface area (Å²) in [6.45, 7) is 7.79. The molecule has 134 heavy (non-hydrogen) atoms. The molecule has 6 atom stereocenters. The number of alkyl halides is 6. The highest BCUT2D eigenvalue weighted by atomic mass is 19.3. The molecule has 722 valence electrons. The smallest absolute Gasteiger partial charge is 0.363 e. The molecule has 4 N–H and O–H groups in total. The van der Waals surface area contributed by atoms with Crippen LogP contribution in [0.5, 0.6) is 0 Å². The number of amides is 5. The number of aromatic carboxylic acids is 2. The number of halogens is 6. The monoisotopic (exact) mass is 1870 g/mol. The van der Waals surface area contributed by atoms with Gasteiger partial charge in [0.25, 0.3) is 11.8 Å². The zero-order chi connectivity index (χ0) is 97.8. The molecule has 4 saturated heterocycles. The van der Waals surface area contributed by atoms with Gasteiger partial charge in [-0.05, 0) is 144 Å². The lowest BCUT2D eigenvalue weighted by molar-refractivity contribution is -0.172. The molecule has 0 spiro atoms. The zero-order valence-electron chi connectivity index (χ0n) is 75.2. The molecule has 0 radical (unpaired) electrons. The van der Waals surface area contributed by atoms with Crippen molar-refractivity contribution in [1.29, 1.82) is 0 Å². The van der Waals surface area contributed by atoms with Crippen molar-refractivity contribution in [1.82, 2.24) is 19.8 Å². The van der Waals surface area contributed by atoms with Gasteiger partial charge in [0.1, 0.15) is 6.10 Å². The van der Waals surface area contributed by atoms with Crippen LogP contribution >= 0.6 is 0 Å². The van der Waals surface area contributed by atoms with E-state index in [1.54, 1.807) is 53.7 Å². The van der Waals surface area contributed by atoms with E-state index in [2.05, 4.69) is 0 Å². The number of aliphatic hydroxyl groups excluding tert-OH is 1. The number of carboxylic acid groups (broad SMARTS) is 3. The maximum Gasteiger partial charge on any atom is 0.363 e. The van der Waals surface area contributed by atoms with Gasteiger partial charge in [-0.15, -0.1) is 5.06 Å². The molecule has 10 rings (SSSR count). The standard InChI is InChI=1S/C36H40F2N2O9.C32H37F2NO7.C23H31F2NO4.C9H8O4/c1-2-47-33(44)12-8-3-4-9-23-39-28(18-20-30(39)41)17-19-29(36(37,38)27-10-6-5-7-11-27)48-34(45)24-25-13-15-26(16-14-25)35(46)49-40-31(42)21-22-32(40)43;1-2-41-29(37)12-8-3-4-9-21-35-26(18-20-28(35)36)17-19-27(32(33,34)25-10-6-5-7-11-25)42-30(38)22-23-13-15-24(16-14-23)31(39)40;1-2-30-22(29)12-8-3-4-9-17-26-19(14-16-21(26)28)13-15-20(27)23(24,25)18-10-6-5-7-11-18;10-8(11)5-6-1-3-7(4-2-6)9(12)13/h5-7,10-11,13-17,19,28-29H,2-4,8-9,12,18,20-24H2,1H3;5-7,10-11,13-17,19,26-27H,2-4,8-9,12,18,20-22H2,1H3,(H,39,40);5-7,10-11,13,15,19-20,27H,2-4,8-9,12,14,16-17H2,1H3;1-4H,5H2,(H,10,11)(H,12,13)/b2*19-17+;15-13+;/t28-,29+;26-,27+;19-,20+;/m000./s1. The van der Waals surface area contributed by atoms with Crippen LogP contribution in [0.1, 0.15) is 233 Å². The van der Waals surface area contributed by atoms with Crippen LogP contribution in [0.15, 0.2) is 200 Å². The number of carbonyl (C=O) groups is 14. The molecule has 0 unspecified atom stereocenters. The van der Waals surface area contributed by atoms with Gasteiger partial charge in [-0.3, -0.25) is 52.7 Å². The number of rotatable bonds is 48. The number of imide groups is 1. The molecule has 4 aliphatic heterocycles. The van der Waals surface area contributed by atoms with E-state index >= 15 is 17.6 Å². The molecule has 6 aromatic carbocycles. The summed E-state index contributed by atoms with van der Waals surface area (Å²) >= 11 is 0. The van der Waals surface area contributed by atoms with Gasteiger partial charge >= 0.3 is 71.5 Å². The first kappa shape index (κ1) is 108. The lowest BCUT2D eigenvalue weighted by atomic mass is 10.0. The van der Waals surface area contributed by atoms with Crippen molar-refractivity contribution in [2.24, 2.45) is 0 Å². The molecule has 28 nitrogen and oxygen atoms in total. The number of hydroxylamine groups is 2. The fraction of sp³-hybridized carbons (Fsp3) is 0.440. The molecular formula is C100H116F6N4O24. The van der Waals surface area contributed by atoms with Gasteiger partial charge < -0.3 is 63.6 Å². The number of benzene rings is 6. The molecule has 0 aromatic heterocycles. The van der Waals surface area contributed by atoms with Crippen LogP contribution in [0.25, 0.3) is 0 Å². The SMILES string of the molecule is CCOC(=O)CCCCCCN1C(=O)CC[C@@H]1/C=C/[C@@H](O)C(F)(F)c1ccccc1.CCOC(=O)CCCCCCN1C(=O)CC[C@@H]1/C=C/[C@@H](OC(=O)Cc1ccc(C(=O)O)cc1)C(F)(F)c1ccccc1.CCOC(=O)CCCCCCN1C(=O)CC[C@@H]1/C=C/[C@@H](OC(=O)Cc1ccc(C(=O)ON2C(=O)CCC2=O)cc1)C(F)(F)c1ccccc1.O=C(O)Cc1ccc(C(=O)O)cc1. The molecule has 0 aliphatic carbocycles. The number of aliphatic hydroxyl groups is 1. The summed E-state index contributed by atoms with van der Waals surface area (Å²) in [7, 11) is 0. The number of unbranched alkanes of at least 4 members (excludes halogenated alkanes) is 9. The predicted octanol–water partition coefficient (Wildman–Crippen LogP) is 16.1. The molecular weight excluding hydrogens is 1760 g/mol. The van der Waals surface area contributed by atoms with Crippen LogP contribution in [0.2, 0.25) is 0 Å². The van der Waals surface area contributed by atoms with Crippen LogP contribution in [0, 0.1) is 0 Å². The minimum atomic E-state index is -3.60. The average Bonchev–Trinajstić information content (AvgIpc) is 1.34. The molecule has 6 aromatic rings. The van der Waals surface area contributed by atoms with Crippen LogP contribution in [0.3, 0.4) is 0 Å². The highest BCUT2D eigenvalue weighted by Gasteiger charge is 2.46. The van der Waals surface area contributed by atoms with Crippen molar-refractivity contribution < 1.29 is 142 Å². The Kier molecular flexibility index (Phi) is 44.6. The van der Waals surface area contributed by atoms with Crippen LogP contribution < -0.4 is 0 Å². The van der Waals surface area contributed by atoms with Crippen molar-refractivity contribution in [3.63, 3.8) is 0 Å². The summed E-state index contributed by atoms with van der Waals surface area (Å²) in [4.78, 5) is 175. The van der Waals surface area contributed by atoms with E-state index in [0.29, 0.717) is 138 Å². The number of nitrogens with zero attached hydrogens (tertiary/aromatic N) is 4. The largest absolute Gasteiger partial charge is 0.481 e. The molecule has 0 bridgehead atoms. The summed E-state index contributed by atoms with van der Waals surface area (Å²) in [5.41, 5.74) is 0.666. The average molecular weight is 1870 g/mol. The Hall–Kier alpha value is -13.1. The van der Waals surface area contributed by atoms with E-state index in [1.165, 1.54) is 164 Å². The fourth-order valence-corrected chi connectivity index (χ4v) is 14.9. The Bertz CT molecular complexity index is 4930. The quantitative estimate of drug-likeness (QED) is 0.00688. The number of aliphatic carboxylic acids is 1. The van der Waals surface area contributed by atoms with Gasteiger partial charge in [0.15, 0.2) is 12.2 Å². The second kappa shape index (κ2) is 55.4. The summed E-state index contributed by atoms with van der Waals surface area (Å²) in [6.07, 6.45) is 13.9. The van der Waals surface area contributed by atoms with Gasteiger partial charge in [0.2, 0.25) is 17.7 Å². The molecule has 4 fully saturated rings. The first-order valence-corrected chi connectivity index (χ1v) is 44.9. The number of carbonyl (C=O) groups excluding carboxylic acids is 11. The van der Waals surface area contributed by atoms with Crippen LogP contribution in [0.4, 0.5) is 26.3 Å². The maximum absolute atomic E-state index is 15.8. The highest BCUT2D eigenvalue weighted by Crippen LogP contribution is 2.39. The number of carboxylic acids is 3. The zero-order valence-corrected chi connectivity index (χ0v) is 75.2. The van der Waals surface area contributed by atoms with E-state index < -0.39 is 102 Å². The lowest BCUT2D eigenvalue weighted by Gasteiger charge is -2.27. The second-order valence-corrected chi connectivity index (χ2v) is 32.0.